The normalized spacial score (nSPS) is 21.0. The van der Waals surface area contributed by atoms with E-state index in [0.717, 1.165) is 79.9 Å². The summed E-state index contributed by atoms with van der Waals surface area (Å²) in [4.78, 5) is 15.6. The second-order valence-corrected chi connectivity index (χ2v) is 9.71. The van der Waals surface area contributed by atoms with Crippen molar-refractivity contribution in [3.8, 4) is 16.9 Å². The summed E-state index contributed by atoms with van der Waals surface area (Å²) < 4.78 is 5.95. The molecule has 3 aliphatic rings. The molecule has 1 atom stereocenters. The van der Waals surface area contributed by atoms with Gasteiger partial charge in [0.25, 0.3) is 5.91 Å². The van der Waals surface area contributed by atoms with Crippen molar-refractivity contribution >= 4 is 5.91 Å². The van der Waals surface area contributed by atoms with Crippen molar-refractivity contribution < 1.29 is 9.53 Å². The molecule has 2 bridgehead atoms. The van der Waals surface area contributed by atoms with Gasteiger partial charge in [-0.3, -0.25) is 4.79 Å². The van der Waals surface area contributed by atoms with Crippen LogP contribution in [-0.2, 0) is 13.0 Å². The molecule has 1 aromatic heterocycles. The largest absolute Gasteiger partial charge is 0.489 e. The molecule has 6 heteroatoms. The molecular weight excluding hydrogens is 436 g/mol. The number of carbonyl (C=O) groups is 1. The highest BCUT2D eigenvalue weighted by molar-refractivity contribution is 5.93. The second-order valence-electron chi connectivity index (χ2n) is 9.71. The van der Waals surface area contributed by atoms with E-state index >= 15 is 0 Å². The fraction of sp³-hybridized carbons (Fsp3) is 0.414. The number of unbranched alkanes of at least 4 members (excludes halogenated alkanes) is 1. The third kappa shape index (κ3) is 5.70. The minimum Gasteiger partial charge on any atom is -0.489 e. The highest BCUT2D eigenvalue weighted by Gasteiger charge is 2.35. The molecule has 0 saturated carbocycles. The first-order valence-electron chi connectivity index (χ1n) is 12.9. The Balaban J connectivity index is 1.32. The minimum atomic E-state index is -0.123. The van der Waals surface area contributed by atoms with Gasteiger partial charge in [-0.1, -0.05) is 55.8 Å². The first-order chi connectivity index (χ1) is 17.2. The zero-order chi connectivity index (χ0) is 24.0. The summed E-state index contributed by atoms with van der Waals surface area (Å²) in [6, 6.07) is 20.3. The number of nitrogens with one attached hydrogen (secondary N) is 1. The fourth-order valence-corrected chi connectivity index (χ4v) is 5.15. The average Bonchev–Trinajstić information content (AvgIpc) is 2.92. The van der Waals surface area contributed by atoms with Crippen LogP contribution in [0.3, 0.4) is 0 Å². The van der Waals surface area contributed by atoms with Gasteiger partial charge in [0.05, 0.1) is 5.69 Å². The van der Waals surface area contributed by atoms with Crippen LogP contribution in [0.1, 0.15) is 54.4 Å². The average molecular weight is 471 g/mol. The van der Waals surface area contributed by atoms with Gasteiger partial charge in [0.15, 0.2) is 5.69 Å². The van der Waals surface area contributed by atoms with Crippen LogP contribution in [0.25, 0.3) is 11.1 Å². The summed E-state index contributed by atoms with van der Waals surface area (Å²) >= 11 is 0. The number of benzene rings is 2. The maximum Gasteiger partial charge on any atom is 0.272 e. The number of piperidine rings is 3. The Bertz CT molecular complexity index is 1130. The number of fused-ring (bicyclic) bond motifs is 3. The standard InChI is InChI=1S/C29H34N4O2/c1-2-3-9-26-25(22-10-12-24(13-11-22)35-20-21-7-5-4-6-8-21)18-27(32-31-26)29(34)30-28-19-33-16-14-23(28)15-17-33/h4-8,10-13,18,23,28H,2-3,9,14-17,19-20H2,1H3,(H,30,34)/t28-/m1/s1. The van der Waals surface area contributed by atoms with E-state index in [9.17, 15) is 4.79 Å². The van der Waals surface area contributed by atoms with Crippen LogP contribution in [0.15, 0.2) is 60.7 Å². The first-order valence-corrected chi connectivity index (χ1v) is 12.9. The van der Waals surface area contributed by atoms with Crippen LogP contribution in [0.5, 0.6) is 5.75 Å². The van der Waals surface area contributed by atoms with Gasteiger partial charge in [-0.2, -0.15) is 5.10 Å². The summed E-state index contributed by atoms with van der Waals surface area (Å²) in [5, 5.41) is 12.1. The van der Waals surface area contributed by atoms with Gasteiger partial charge in [-0.25, -0.2) is 0 Å². The molecule has 0 radical (unpaired) electrons. The van der Waals surface area contributed by atoms with Gasteiger partial charge in [0.1, 0.15) is 12.4 Å². The number of nitrogens with zero attached hydrogens (tertiary/aromatic N) is 3. The summed E-state index contributed by atoms with van der Waals surface area (Å²) in [6.07, 6.45) is 5.28. The SMILES string of the molecule is CCCCc1nnc(C(=O)N[C@@H]2CN3CCC2CC3)cc1-c1ccc(OCc2ccccc2)cc1. The molecule has 3 aromatic rings. The Kier molecular flexibility index (Phi) is 7.38. The molecule has 3 fully saturated rings. The predicted octanol–water partition coefficient (Wildman–Crippen LogP) is 4.89. The van der Waals surface area contributed by atoms with E-state index in [1.165, 1.54) is 0 Å². The molecule has 3 aliphatic heterocycles. The summed E-state index contributed by atoms with van der Waals surface area (Å²) in [7, 11) is 0. The van der Waals surface area contributed by atoms with Crippen LogP contribution in [0.4, 0.5) is 0 Å². The van der Waals surface area contributed by atoms with Crippen molar-refractivity contribution in [2.24, 2.45) is 5.92 Å². The van der Waals surface area contributed by atoms with Crippen molar-refractivity contribution in [2.45, 2.75) is 51.7 Å². The van der Waals surface area contributed by atoms with Crippen molar-refractivity contribution in [1.29, 1.82) is 0 Å². The first kappa shape index (κ1) is 23.5. The molecule has 6 nitrogen and oxygen atoms in total. The van der Waals surface area contributed by atoms with E-state index in [1.54, 1.807) is 0 Å². The van der Waals surface area contributed by atoms with E-state index < -0.39 is 0 Å². The lowest BCUT2D eigenvalue weighted by atomic mass is 9.84. The quantitative estimate of drug-likeness (QED) is 0.482. The Labute approximate surface area is 207 Å². The van der Waals surface area contributed by atoms with Crippen molar-refractivity contribution in [2.75, 3.05) is 19.6 Å². The lowest BCUT2D eigenvalue weighted by Crippen LogP contribution is -2.57. The number of carbonyl (C=O) groups excluding carboxylic acids is 1. The summed E-state index contributed by atoms with van der Waals surface area (Å²) in [6.45, 7) is 5.94. The molecule has 3 saturated heterocycles. The van der Waals surface area contributed by atoms with Gasteiger partial charge in [-0.05, 0) is 74.0 Å². The van der Waals surface area contributed by atoms with Gasteiger partial charge in [0, 0.05) is 18.2 Å². The van der Waals surface area contributed by atoms with Crippen LogP contribution in [0, 0.1) is 5.92 Å². The van der Waals surface area contributed by atoms with Crippen LogP contribution < -0.4 is 10.1 Å². The van der Waals surface area contributed by atoms with Crippen LogP contribution in [-0.4, -0.2) is 46.7 Å². The van der Waals surface area contributed by atoms with Gasteiger partial charge in [-0.15, -0.1) is 5.10 Å². The fourth-order valence-electron chi connectivity index (χ4n) is 5.15. The molecule has 4 heterocycles. The Morgan fingerprint density at radius 3 is 2.51 bits per heavy atom. The monoisotopic (exact) mass is 470 g/mol. The number of aryl methyl sites for hydroxylation is 1. The molecule has 35 heavy (non-hydrogen) atoms. The van der Waals surface area contributed by atoms with Crippen molar-refractivity contribution in [3.63, 3.8) is 0 Å². The van der Waals surface area contributed by atoms with E-state index in [1.807, 2.05) is 48.5 Å². The Morgan fingerprint density at radius 2 is 1.83 bits per heavy atom. The van der Waals surface area contributed by atoms with Gasteiger partial charge < -0.3 is 15.0 Å². The zero-order valence-electron chi connectivity index (χ0n) is 20.5. The number of hydrogen-bond donors (Lipinski definition) is 1. The van der Waals surface area contributed by atoms with Crippen molar-refractivity contribution in [1.82, 2.24) is 20.4 Å². The molecule has 2 aromatic carbocycles. The Hall–Kier alpha value is -3.25. The number of rotatable bonds is 9. The lowest BCUT2D eigenvalue weighted by Gasteiger charge is -2.44. The molecular formula is C29H34N4O2. The van der Waals surface area contributed by atoms with Gasteiger partial charge >= 0.3 is 0 Å². The number of aromatic nitrogens is 2. The molecule has 0 unspecified atom stereocenters. The molecule has 182 valence electrons. The van der Waals surface area contributed by atoms with Crippen molar-refractivity contribution in [3.05, 3.63) is 77.6 Å². The topological polar surface area (TPSA) is 67.4 Å². The number of ether oxygens (including phenoxy) is 1. The molecule has 1 N–H and O–H groups in total. The van der Waals surface area contributed by atoms with Crippen LogP contribution >= 0.6 is 0 Å². The minimum absolute atomic E-state index is 0.123. The van der Waals surface area contributed by atoms with E-state index in [2.05, 4.69) is 39.5 Å². The zero-order valence-corrected chi connectivity index (χ0v) is 20.5. The lowest BCUT2D eigenvalue weighted by molar-refractivity contribution is 0.0617. The van der Waals surface area contributed by atoms with E-state index in [-0.39, 0.29) is 11.9 Å². The second kappa shape index (κ2) is 11.0. The highest BCUT2D eigenvalue weighted by atomic mass is 16.5. The maximum atomic E-state index is 13.1. The summed E-state index contributed by atoms with van der Waals surface area (Å²) in [5.41, 5.74) is 4.46. The number of amides is 1. The van der Waals surface area contributed by atoms with Crippen LogP contribution in [0.2, 0.25) is 0 Å². The third-order valence-corrected chi connectivity index (χ3v) is 7.26. The third-order valence-electron chi connectivity index (χ3n) is 7.26. The molecule has 0 spiro atoms. The predicted molar refractivity (Wildman–Crippen MR) is 137 cm³/mol. The van der Waals surface area contributed by atoms with E-state index in [4.69, 9.17) is 4.74 Å². The molecule has 6 rings (SSSR count). The molecule has 1 amide bonds. The summed E-state index contributed by atoms with van der Waals surface area (Å²) in [5.74, 6) is 1.26. The molecule has 0 aliphatic carbocycles. The number of hydrogen-bond acceptors (Lipinski definition) is 5. The van der Waals surface area contributed by atoms with E-state index in [0.29, 0.717) is 18.2 Å². The highest BCUT2D eigenvalue weighted by Crippen LogP contribution is 2.29. The van der Waals surface area contributed by atoms with Gasteiger partial charge in [0.2, 0.25) is 0 Å². The Morgan fingerprint density at radius 1 is 1.06 bits per heavy atom. The maximum absolute atomic E-state index is 13.1. The smallest absolute Gasteiger partial charge is 0.272 e.